The molecule has 1 heterocycles. The zero-order valence-electron chi connectivity index (χ0n) is 12.0. The van der Waals surface area contributed by atoms with E-state index in [1.807, 2.05) is 35.7 Å². The molecule has 1 aromatic rings. The fourth-order valence-electron chi connectivity index (χ4n) is 2.39. The highest BCUT2D eigenvalue weighted by molar-refractivity contribution is 5.74. The molecule has 1 aromatic carbocycles. The Morgan fingerprint density at radius 1 is 1.16 bits per heavy atom. The maximum absolute atomic E-state index is 4.40. The highest BCUT2D eigenvalue weighted by Gasteiger charge is 2.20. The van der Waals surface area contributed by atoms with Gasteiger partial charge in [0.15, 0.2) is 0 Å². The smallest absolute Gasteiger partial charge is 0.0648 e. The van der Waals surface area contributed by atoms with Gasteiger partial charge in [0.05, 0.1) is 5.69 Å². The molecule has 0 radical (unpaired) electrons. The van der Waals surface area contributed by atoms with Crippen LogP contribution in [0.25, 0.3) is 0 Å². The lowest BCUT2D eigenvalue weighted by molar-refractivity contribution is 0.473. The summed E-state index contributed by atoms with van der Waals surface area (Å²) in [6, 6.07) is 8.66. The second-order valence-corrected chi connectivity index (χ2v) is 5.52. The van der Waals surface area contributed by atoms with Crippen LogP contribution in [0.5, 0.6) is 0 Å². The van der Waals surface area contributed by atoms with Crippen LogP contribution < -0.4 is 5.01 Å². The highest BCUT2D eigenvalue weighted by atomic mass is 15.4. The third-order valence-electron chi connectivity index (χ3n) is 3.49. The number of allylic oxidation sites excluding steroid dienone is 3. The molecule has 19 heavy (non-hydrogen) atoms. The van der Waals surface area contributed by atoms with Crippen LogP contribution in [0.3, 0.4) is 0 Å². The summed E-state index contributed by atoms with van der Waals surface area (Å²) < 4.78 is 0. The minimum Gasteiger partial charge on any atom is -0.241 e. The number of anilines is 1. The van der Waals surface area contributed by atoms with Crippen molar-refractivity contribution in [3.63, 3.8) is 0 Å². The molecule has 2 nitrogen and oxygen atoms in total. The number of hydrogen-bond donors (Lipinski definition) is 0. The molecular formula is C17H22N2. The first-order valence-electron chi connectivity index (χ1n) is 6.91. The largest absolute Gasteiger partial charge is 0.241 e. The van der Waals surface area contributed by atoms with E-state index in [9.17, 15) is 0 Å². The first-order chi connectivity index (χ1) is 9.13. The van der Waals surface area contributed by atoms with Gasteiger partial charge < -0.3 is 0 Å². The van der Waals surface area contributed by atoms with Crippen molar-refractivity contribution in [1.82, 2.24) is 0 Å². The summed E-state index contributed by atoms with van der Waals surface area (Å²) in [6.07, 6.45) is 12.1. The summed E-state index contributed by atoms with van der Waals surface area (Å²) in [4.78, 5) is 0. The molecule has 2 heteroatoms. The molecule has 1 aliphatic rings. The molecule has 0 bridgehead atoms. The normalized spacial score (nSPS) is 14.8. The highest BCUT2D eigenvalue weighted by Crippen LogP contribution is 2.31. The van der Waals surface area contributed by atoms with Gasteiger partial charge in [0, 0.05) is 12.4 Å². The van der Waals surface area contributed by atoms with Gasteiger partial charge in [-0.3, -0.25) is 0 Å². The van der Waals surface area contributed by atoms with E-state index in [4.69, 9.17) is 0 Å². The summed E-state index contributed by atoms with van der Waals surface area (Å²) >= 11 is 0. The standard InChI is InChI=1S/C17H22N2/c1-4-11-17(2,3)15-9-8-10-16(14-15)19-13-7-5-6-12-18-19/h5-10,12-14H,4,11H2,1-3H3. The fraction of sp³-hybridized carbons (Fsp3) is 0.353. The van der Waals surface area contributed by atoms with Crippen molar-refractivity contribution in [1.29, 1.82) is 0 Å². The molecule has 0 saturated heterocycles. The Labute approximate surface area is 116 Å². The van der Waals surface area contributed by atoms with Gasteiger partial charge in [-0.15, -0.1) is 0 Å². The lowest BCUT2D eigenvalue weighted by Gasteiger charge is -2.26. The minimum absolute atomic E-state index is 0.211. The van der Waals surface area contributed by atoms with E-state index < -0.39 is 0 Å². The van der Waals surface area contributed by atoms with Crippen molar-refractivity contribution >= 4 is 11.9 Å². The van der Waals surface area contributed by atoms with E-state index in [1.165, 1.54) is 18.4 Å². The molecule has 0 N–H and O–H groups in total. The molecular weight excluding hydrogens is 232 g/mol. The molecule has 0 aromatic heterocycles. The van der Waals surface area contributed by atoms with E-state index in [0.717, 1.165) is 5.69 Å². The molecule has 0 saturated carbocycles. The van der Waals surface area contributed by atoms with Crippen molar-refractivity contribution < 1.29 is 0 Å². The summed E-state index contributed by atoms with van der Waals surface area (Å²) in [7, 11) is 0. The Bertz CT molecular complexity index is 494. The Morgan fingerprint density at radius 2 is 2.00 bits per heavy atom. The van der Waals surface area contributed by atoms with Crippen molar-refractivity contribution in [3.05, 3.63) is 54.3 Å². The van der Waals surface area contributed by atoms with Gasteiger partial charge in [0.1, 0.15) is 0 Å². The molecule has 100 valence electrons. The summed E-state index contributed by atoms with van der Waals surface area (Å²) in [5.74, 6) is 0. The van der Waals surface area contributed by atoms with Crippen LogP contribution in [0.1, 0.15) is 39.2 Å². The first-order valence-corrected chi connectivity index (χ1v) is 6.91. The zero-order chi connectivity index (χ0) is 13.7. The van der Waals surface area contributed by atoms with Crippen molar-refractivity contribution in [2.45, 2.75) is 39.0 Å². The third-order valence-corrected chi connectivity index (χ3v) is 3.49. The number of benzene rings is 1. The average Bonchev–Trinajstić information content (AvgIpc) is 2.68. The maximum atomic E-state index is 4.40. The minimum atomic E-state index is 0.211. The third kappa shape index (κ3) is 3.34. The lowest BCUT2D eigenvalue weighted by atomic mass is 9.80. The molecule has 0 amide bonds. The molecule has 0 atom stereocenters. The van der Waals surface area contributed by atoms with Crippen LogP contribution in [0, 0.1) is 0 Å². The van der Waals surface area contributed by atoms with Crippen molar-refractivity contribution in [2.75, 3.05) is 5.01 Å². The maximum Gasteiger partial charge on any atom is 0.0648 e. The Morgan fingerprint density at radius 3 is 2.79 bits per heavy atom. The van der Waals surface area contributed by atoms with Gasteiger partial charge in [-0.2, -0.15) is 5.10 Å². The first kappa shape index (κ1) is 13.6. The molecule has 0 fully saturated rings. The van der Waals surface area contributed by atoms with E-state index in [0.29, 0.717) is 0 Å². The van der Waals surface area contributed by atoms with E-state index in [2.05, 4.69) is 50.1 Å². The van der Waals surface area contributed by atoms with Gasteiger partial charge in [-0.05, 0) is 41.7 Å². The van der Waals surface area contributed by atoms with Crippen LogP contribution in [-0.4, -0.2) is 6.21 Å². The van der Waals surface area contributed by atoms with Gasteiger partial charge >= 0.3 is 0 Å². The van der Waals surface area contributed by atoms with Crippen LogP contribution in [-0.2, 0) is 5.41 Å². The second kappa shape index (κ2) is 5.87. The molecule has 0 spiro atoms. The quantitative estimate of drug-likeness (QED) is 0.764. The van der Waals surface area contributed by atoms with Crippen LogP contribution >= 0.6 is 0 Å². The van der Waals surface area contributed by atoms with E-state index >= 15 is 0 Å². The van der Waals surface area contributed by atoms with Crippen LogP contribution in [0.2, 0.25) is 0 Å². The summed E-state index contributed by atoms with van der Waals surface area (Å²) in [6.45, 7) is 6.84. The van der Waals surface area contributed by atoms with Crippen molar-refractivity contribution in [2.24, 2.45) is 5.10 Å². The summed E-state index contributed by atoms with van der Waals surface area (Å²) in [5, 5.41) is 6.31. The number of hydrogen-bond acceptors (Lipinski definition) is 2. The topological polar surface area (TPSA) is 15.6 Å². The van der Waals surface area contributed by atoms with Gasteiger partial charge in [0.25, 0.3) is 0 Å². The monoisotopic (exact) mass is 254 g/mol. The Hall–Kier alpha value is -1.83. The lowest BCUT2D eigenvalue weighted by Crippen LogP contribution is -2.17. The SMILES string of the molecule is CCCC(C)(C)c1cccc(N2C=CC=CC=N2)c1. The van der Waals surface area contributed by atoms with E-state index in [-0.39, 0.29) is 5.41 Å². The molecule has 0 unspecified atom stereocenters. The number of hydrazone groups is 1. The van der Waals surface area contributed by atoms with E-state index in [1.54, 1.807) is 0 Å². The number of rotatable bonds is 4. The van der Waals surface area contributed by atoms with Crippen molar-refractivity contribution in [3.8, 4) is 0 Å². The van der Waals surface area contributed by atoms with Crippen LogP contribution in [0.4, 0.5) is 5.69 Å². The summed E-state index contributed by atoms with van der Waals surface area (Å²) in [5.41, 5.74) is 2.69. The van der Waals surface area contributed by atoms with Gasteiger partial charge in [0.2, 0.25) is 0 Å². The predicted octanol–water partition coefficient (Wildman–Crippen LogP) is 4.64. The van der Waals surface area contributed by atoms with Gasteiger partial charge in [-0.25, -0.2) is 5.01 Å². The van der Waals surface area contributed by atoms with Gasteiger partial charge in [-0.1, -0.05) is 45.4 Å². The fourth-order valence-corrected chi connectivity index (χ4v) is 2.39. The second-order valence-electron chi connectivity index (χ2n) is 5.52. The number of nitrogens with zero attached hydrogens (tertiary/aromatic N) is 2. The average molecular weight is 254 g/mol. The van der Waals surface area contributed by atoms with Crippen LogP contribution in [0.15, 0.2) is 53.8 Å². The predicted molar refractivity (Wildman–Crippen MR) is 83.6 cm³/mol. The molecule has 1 aliphatic heterocycles. The Kier molecular flexibility index (Phi) is 4.20. The zero-order valence-corrected chi connectivity index (χ0v) is 12.0. The molecule has 0 aliphatic carbocycles. The molecule has 2 rings (SSSR count). The Balaban J connectivity index is 2.29.